The van der Waals surface area contributed by atoms with Gasteiger partial charge in [0, 0.05) is 41.5 Å². The van der Waals surface area contributed by atoms with Crippen molar-refractivity contribution in [2.24, 2.45) is 5.14 Å². The lowest BCUT2D eigenvalue weighted by molar-refractivity contribution is 0.0898. The average molecular weight is 500 g/mol. The second-order valence-corrected chi connectivity index (χ2v) is 11.2. The molecular formula is C23H29N7O4S. The molecule has 1 aromatic carbocycles. The normalized spacial score (nSPS) is 21.3. The molecular weight excluding hydrogens is 470 g/mol. The van der Waals surface area contributed by atoms with Gasteiger partial charge in [0.25, 0.3) is 0 Å². The number of hydrogen-bond donors (Lipinski definition) is 2. The lowest BCUT2D eigenvalue weighted by Crippen LogP contribution is -2.23. The van der Waals surface area contributed by atoms with Gasteiger partial charge in [0.1, 0.15) is 11.9 Å². The van der Waals surface area contributed by atoms with Crippen molar-refractivity contribution in [3.63, 3.8) is 0 Å². The Morgan fingerprint density at radius 3 is 2.46 bits per heavy atom. The summed E-state index contributed by atoms with van der Waals surface area (Å²) in [7, 11) is -3.73. The highest BCUT2D eigenvalue weighted by Crippen LogP contribution is 2.47. The minimum absolute atomic E-state index is 0.0346. The third-order valence-electron chi connectivity index (χ3n) is 6.40. The van der Waals surface area contributed by atoms with Crippen molar-refractivity contribution in [1.82, 2.24) is 24.7 Å². The zero-order chi connectivity index (χ0) is 24.8. The number of hydrogen-bond acceptors (Lipinski definition) is 9. The summed E-state index contributed by atoms with van der Waals surface area (Å²) in [4.78, 5) is 8.77. The van der Waals surface area contributed by atoms with Crippen molar-refractivity contribution in [3.05, 3.63) is 48.0 Å². The Balaban J connectivity index is 1.21. The summed E-state index contributed by atoms with van der Waals surface area (Å²) in [6.07, 6.45) is 5.96. The fraction of sp³-hybridized carbons (Fsp3) is 0.478. The summed E-state index contributed by atoms with van der Waals surface area (Å²) in [5, 5.41) is 16.9. The first kappa shape index (κ1) is 23.6. The number of nitrogens with two attached hydrogens (primary N) is 1. The molecule has 2 aromatic heterocycles. The van der Waals surface area contributed by atoms with Crippen LogP contribution in [0.2, 0.25) is 0 Å². The van der Waals surface area contributed by atoms with Crippen molar-refractivity contribution in [2.45, 2.75) is 68.6 Å². The topological polar surface area (TPSA) is 147 Å². The molecule has 1 saturated carbocycles. The van der Waals surface area contributed by atoms with Gasteiger partial charge in [0.2, 0.25) is 16.0 Å². The molecule has 3 heterocycles. The van der Waals surface area contributed by atoms with Crippen molar-refractivity contribution in [1.29, 1.82) is 0 Å². The van der Waals surface area contributed by atoms with E-state index in [0.29, 0.717) is 30.7 Å². The van der Waals surface area contributed by atoms with Crippen LogP contribution in [0.4, 0.5) is 11.6 Å². The van der Waals surface area contributed by atoms with E-state index in [2.05, 4.69) is 50.8 Å². The average Bonchev–Trinajstić information content (AvgIpc) is 3.21. The third kappa shape index (κ3) is 5.00. The summed E-state index contributed by atoms with van der Waals surface area (Å²) in [6.45, 7) is 6.89. The molecule has 0 amide bonds. The Morgan fingerprint density at radius 1 is 1.17 bits per heavy atom. The Bertz CT molecular complexity index is 1300. The highest BCUT2D eigenvalue weighted by Gasteiger charge is 2.44. The molecule has 0 spiro atoms. The second-order valence-electron chi connectivity index (χ2n) is 9.66. The molecule has 35 heavy (non-hydrogen) atoms. The maximum Gasteiger partial charge on any atom is 0.317 e. The van der Waals surface area contributed by atoms with Crippen LogP contribution in [0.5, 0.6) is 6.01 Å². The highest BCUT2D eigenvalue weighted by atomic mass is 32.2. The van der Waals surface area contributed by atoms with Crippen molar-refractivity contribution in [2.75, 3.05) is 11.9 Å². The molecule has 5 rings (SSSR count). The van der Waals surface area contributed by atoms with Gasteiger partial charge in [-0.1, -0.05) is 18.9 Å². The number of rotatable bonds is 8. The Hall–Kier alpha value is -3.09. The number of anilines is 2. The molecule has 2 atom stereocenters. The van der Waals surface area contributed by atoms with E-state index in [1.54, 1.807) is 24.5 Å². The van der Waals surface area contributed by atoms with Gasteiger partial charge in [-0.15, -0.1) is 5.10 Å². The van der Waals surface area contributed by atoms with E-state index in [4.69, 9.17) is 14.6 Å². The zero-order valence-corrected chi connectivity index (χ0v) is 20.7. The quantitative estimate of drug-likeness (QED) is 0.477. The van der Waals surface area contributed by atoms with Gasteiger partial charge in [-0.25, -0.2) is 23.5 Å². The summed E-state index contributed by atoms with van der Waals surface area (Å²) in [5.41, 5.74) is 1.53. The van der Waals surface area contributed by atoms with Crippen molar-refractivity contribution in [3.8, 4) is 6.01 Å². The van der Waals surface area contributed by atoms with Gasteiger partial charge in [0.05, 0.1) is 17.6 Å². The number of sulfonamides is 1. The van der Waals surface area contributed by atoms with Crippen LogP contribution < -0.4 is 15.2 Å². The van der Waals surface area contributed by atoms with Crippen LogP contribution in [-0.4, -0.2) is 45.9 Å². The fourth-order valence-corrected chi connectivity index (χ4v) is 4.65. The summed E-state index contributed by atoms with van der Waals surface area (Å²) < 4.78 is 37.2. The number of ether oxygens (including phenoxy) is 2. The number of nitrogens with one attached hydrogen (secondary N) is 1. The Kier molecular flexibility index (Phi) is 5.98. The molecule has 2 fully saturated rings. The van der Waals surface area contributed by atoms with Crippen LogP contribution in [0.3, 0.4) is 0 Å². The van der Waals surface area contributed by atoms with Crippen LogP contribution in [0.15, 0.2) is 41.6 Å². The number of benzene rings is 1. The van der Waals surface area contributed by atoms with Gasteiger partial charge in [-0.3, -0.25) is 4.57 Å². The monoisotopic (exact) mass is 499 g/mol. The van der Waals surface area contributed by atoms with Crippen molar-refractivity contribution >= 4 is 21.7 Å². The SMILES string of the molecule is CC(C)c1nnc(OC2COC(c3cnc(Nc4ccc(S(N)(=O)=O)cc4)nc3)C2)n1C1(C)CC1. The Morgan fingerprint density at radius 2 is 1.86 bits per heavy atom. The molecule has 1 saturated heterocycles. The minimum Gasteiger partial charge on any atom is -0.458 e. The van der Waals surface area contributed by atoms with E-state index in [1.165, 1.54) is 12.1 Å². The van der Waals surface area contributed by atoms with Crippen LogP contribution in [0.1, 0.15) is 63.4 Å². The molecule has 11 nitrogen and oxygen atoms in total. The number of nitrogens with zero attached hydrogens (tertiary/aromatic N) is 5. The minimum atomic E-state index is -3.73. The van der Waals surface area contributed by atoms with Gasteiger partial charge in [-0.05, 0) is 44.0 Å². The standard InChI is InChI=1S/C23H29N7O4S/c1-14(2)20-28-29-22(30(20)23(3)8-9-23)34-17-10-19(33-13-17)15-11-25-21(26-12-15)27-16-4-6-18(7-5-16)35(24,31)32/h4-7,11-12,14,17,19H,8-10,13H2,1-3H3,(H2,24,31,32)(H,25,26,27). The molecule has 0 bridgehead atoms. The van der Waals surface area contributed by atoms with Crippen LogP contribution >= 0.6 is 0 Å². The molecule has 186 valence electrons. The molecule has 3 N–H and O–H groups in total. The largest absolute Gasteiger partial charge is 0.458 e. The van der Waals surface area contributed by atoms with E-state index in [0.717, 1.165) is 24.2 Å². The van der Waals surface area contributed by atoms with Gasteiger partial charge >= 0.3 is 6.01 Å². The predicted molar refractivity (Wildman–Crippen MR) is 128 cm³/mol. The number of primary sulfonamides is 1. The van der Waals surface area contributed by atoms with Crippen LogP contribution in [0.25, 0.3) is 0 Å². The van der Waals surface area contributed by atoms with Crippen LogP contribution in [0, 0.1) is 0 Å². The molecule has 0 radical (unpaired) electrons. The van der Waals surface area contributed by atoms with Gasteiger partial charge in [-0.2, -0.15) is 0 Å². The molecule has 3 aromatic rings. The summed E-state index contributed by atoms with van der Waals surface area (Å²) in [5.74, 6) is 1.60. The Labute approximate surface area is 204 Å². The van der Waals surface area contributed by atoms with E-state index in [1.807, 2.05) is 0 Å². The van der Waals surface area contributed by atoms with E-state index in [9.17, 15) is 8.42 Å². The summed E-state index contributed by atoms with van der Waals surface area (Å²) in [6, 6.07) is 6.61. The summed E-state index contributed by atoms with van der Waals surface area (Å²) >= 11 is 0. The van der Waals surface area contributed by atoms with E-state index >= 15 is 0 Å². The lowest BCUT2D eigenvalue weighted by Gasteiger charge is -2.20. The fourth-order valence-electron chi connectivity index (χ4n) is 4.13. The molecule has 2 unspecified atom stereocenters. The molecule has 1 aliphatic heterocycles. The second kappa shape index (κ2) is 8.85. The highest BCUT2D eigenvalue weighted by molar-refractivity contribution is 7.89. The van der Waals surface area contributed by atoms with Gasteiger partial charge < -0.3 is 14.8 Å². The third-order valence-corrected chi connectivity index (χ3v) is 7.33. The predicted octanol–water partition coefficient (Wildman–Crippen LogP) is 3.00. The maximum absolute atomic E-state index is 11.4. The number of aromatic nitrogens is 5. The molecule has 2 aliphatic rings. The maximum atomic E-state index is 11.4. The van der Waals surface area contributed by atoms with E-state index in [-0.39, 0.29) is 28.6 Å². The smallest absolute Gasteiger partial charge is 0.317 e. The van der Waals surface area contributed by atoms with Gasteiger partial charge in [0.15, 0.2) is 0 Å². The first-order chi connectivity index (χ1) is 16.6. The van der Waals surface area contributed by atoms with Crippen molar-refractivity contribution < 1.29 is 17.9 Å². The van der Waals surface area contributed by atoms with Crippen LogP contribution in [-0.2, 0) is 20.3 Å². The zero-order valence-electron chi connectivity index (χ0n) is 19.9. The molecule has 12 heteroatoms. The van der Waals surface area contributed by atoms with E-state index < -0.39 is 10.0 Å². The lowest BCUT2D eigenvalue weighted by atomic mass is 10.1. The first-order valence-corrected chi connectivity index (χ1v) is 13.1. The molecule has 1 aliphatic carbocycles. The first-order valence-electron chi connectivity index (χ1n) is 11.6.